The molecule has 1 aliphatic rings. The number of carbonyl (C=O) groups is 1. The molecule has 5 nitrogen and oxygen atoms in total. The van der Waals surface area contributed by atoms with Crippen LogP contribution >= 0.6 is 0 Å². The fourth-order valence-corrected chi connectivity index (χ4v) is 1.80. The topological polar surface area (TPSA) is 67.8 Å². The Labute approximate surface area is 106 Å². The molecule has 0 saturated carbocycles. The van der Waals surface area contributed by atoms with Crippen LogP contribution in [-0.4, -0.2) is 30.8 Å². The third kappa shape index (κ3) is 3.63. The van der Waals surface area contributed by atoms with Crippen LogP contribution in [-0.2, 0) is 11.3 Å². The zero-order chi connectivity index (χ0) is 12.8. The molecule has 1 aromatic carbocycles. The smallest absolute Gasteiger partial charge is 0.303 e. The van der Waals surface area contributed by atoms with Crippen molar-refractivity contribution in [2.75, 3.05) is 19.8 Å². The third-order valence-corrected chi connectivity index (χ3v) is 2.68. The van der Waals surface area contributed by atoms with Crippen LogP contribution < -0.4 is 14.8 Å². The fourth-order valence-electron chi connectivity index (χ4n) is 1.80. The van der Waals surface area contributed by atoms with Crippen molar-refractivity contribution in [3.63, 3.8) is 0 Å². The van der Waals surface area contributed by atoms with Gasteiger partial charge in [0.1, 0.15) is 13.2 Å². The minimum Gasteiger partial charge on any atom is -0.486 e. The van der Waals surface area contributed by atoms with Gasteiger partial charge < -0.3 is 19.9 Å². The van der Waals surface area contributed by atoms with E-state index in [1.165, 1.54) is 0 Å². The second-order valence-electron chi connectivity index (χ2n) is 4.15. The van der Waals surface area contributed by atoms with Crippen LogP contribution in [0.15, 0.2) is 18.2 Å². The molecule has 0 saturated heterocycles. The van der Waals surface area contributed by atoms with E-state index in [4.69, 9.17) is 14.6 Å². The predicted molar refractivity (Wildman–Crippen MR) is 66.0 cm³/mol. The monoisotopic (exact) mass is 251 g/mol. The molecule has 0 radical (unpaired) electrons. The van der Waals surface area contributed by atoms with Crippen molar-refractivity contribution in [1.82, 2.24) is 5.32 Å². The molecule has 2 N–H and O–H groups in total. The Kier molecular flexibility index (Phi) is 4.41. The van der Waals surface area contributed by atoms with E-state index in [1.54, 1.807) is 0 Å². The first-order valence-corrected chi connectivity index (χ1v) is 6.07. The number of rotatable bonds is 6. The number of benzene rings is 1. The molecular formula is C13H17NO4. The summed E-state index contributed by atoms with van der Waals surface area (Å²) in [5, 5.41) is 11.7. The van der Waals surface area contributed by atoms with Gasteiger partial charge in [-0.15, -0.1) is 0 Å². The van der Waals surface area contributed by atoms with Crippen LogP contribution in [0.5, 0.6) is 11.5 Å². The summed E-state index contributed by atoms with van der Waals surface area (Å²) in [6, 6.07) is 5.85. The second-order valence-corrected chi connectivity index (χ2v) is 4.15. The molecular weight excluding hydrogens is 234 g/mol. The zero-order valence-electron chi connectivity index (χ0n) is 10.1. The first-order valence-electron chi connectivity index (χ1n) is 6.07. The van der Waals surface area contributed by atoms with E-state index in [2.05, 4.69) is 5.32 Å². The minimum atomic E-state index is -0.754. The SMILES string of the molecule is O=C(O)CCCNCc1ccc2c(c1)OCCO2. The Balaban J connectivity index is 1.77. The summed E-state index contributed by atoms with van der Waals surface area (Å²) in [5.74, 6) is 0.818. The average Bonchev–Trinajstić information content (AvgIpc) is 2.38. The van der Waals surface area contributed by atoms with Crippen molar-refractivity contribution in [1.29, 1.82) is 0 Å². The average molecular weight is 251 g/mol. The largest absolute Gasteiger partial charge is 0.486 e. The number of fused-ring (bicyclic) bond motifs is 1. The van der Waals surface area contributed by atoms with Crippen LogP contribution in [0.4, 0.5) is 0 Å². The Bertz CT molecular complexity index is 419. The molecule has 0 aromatic heterocycles. The quantitative estimate of drug-likeness (QED) is 0.748. The highest BCUT2D eigenvalue weighted by molar-refractivity contribution is 5.66. The molecule has 5 heteroatoms. The zero-order valence-corrected chi connectivity index (χ0v) is 10.1. The normalized spacial score (nSPS) is 13.3. The number of nitrogens with one attached hydrogen (secondary N) is 1. The second kappa shape index (κ2) is 6.26. The molecule has 0 bridgehead atoms. The lowest BCUT2D eigenvalue weighted by Crippen LogP contribution is -2.17. The van der Waals surface area contributed by atoms with Gasteiger partial charge >= 0.3 is 5.97 Å². The molecule has 0 fully saturated rings. The molecule has 0 atom stereocenters. The van der Waals surface area contributed by atoms with E-state index in [0.29, 0.717) is 32.7 Å². The van der Waals surface area contributed by atoms with Crippen molar-refractivity contribution >= 4 is 5.97 Å². The molecule has 98 valence electrons. The molecule has 0 unspecified atom stereocenters. The standard InChI is InChI=1S/C13H17NO4/c15-13(16)2-1-5-14-9-10-3-4-11-12(8-10)18-7-6-17-11/h3-4,8,14H,1-2,5-7,9H2,(H,15,16). The van der Waals surface area contributed by atoms with Gasteiger partial charge in [0, 0.05) is 13.0 Å². The molecule has 1 aromatic rings. The van der Waals surface area contributed by atoms with E-state index in [1.807, 2.05) is 18.2 Å². The van der Waals surface area contributed by atoms with E-state index in [0.717, 1.165) is 17.1 Å². The highest BCUT2D eigenvalue weighted by Crippen LogP contribution is 2.30. The van der Waals surface area contributed by atoms with Gasteiger partial charge in [0.2, 0.25) is 0 Å². The van der Waals surface area contributed by atoms with Gasteiger partial charge in [0.15, 0.2) is 11.5 Å². The molecule has 1 aliphatic heterocycles. The maximum Gasteiger partial charge on any atom is 0.303 e. The summed E-state index contributed by atoms with van der Waals surface area (Å²) in [7, 11) is 0. The molecule has 0 spiro atoms. The van der Waals surface area contributed by atoms with Gasteiger partial charge in [0.25, 0.3) is 0 Å². The fraction of sp³-hybridized carbons (Fsp3) is 0.462. The van der Waals surface area contributed by atoms with Gasteiger partial charge in [-0.2, -0.15) is 0 Å². The van der Waals surface area contributed by atoms with E-state index in [-0.39, 0.29) is 6.42 Å². The van der Waals surface area contributed by atoms with Gasteiger partial charge in [-0.1, -0.05) is 6.07 Å². The Morgan fingerprint density at radius 1 is 1.28 bits per heavy atom. The summed E-state index contributed by atoms with van der Waals surface area (Å²) in [5.41, 5.74) is 1.11. The van der Waals surface area contributed by atoms with Crippen LogP contribution in [0, 0.1) is 0 Å². The number of ether oxygens (including phenoxy) is 2. The maximum absolute atomic E-state index is 10.3. The number of hydrogen-bond acceptors (Lipinski definition) is 4. The van der Waals surface area contributed by atoms with E-state index in [9.17, 15) is 4.79 Å². The van der Waals surface area contributed by atoms with Crippen molar-refractivity contribution < 1.29 is 19.4 Å². The number of hydrogen-bond donors (Lipinski definition) is 2. The van der Waals surface area contributed by atoms with Gasteiger partial charge in [-0.05, 0) is 30.7 Å². The first-order chi connectivity index (χ1) is 8.75. The highest BCUT2D eigenvalue weighted by atomic mass is 16.6. The lowest BCUT2D eigenvalue weighted by molar-refractivity contribution is -0.137. The third-order valence-electron chi connectivity index (χ3n) is 2.68. The number of carboxylic acids is 1. The molecule has 2 rings (SSSR count). The van der Waals surface area contributed by atoms with Gasteiger partial charge in [-0.25, -0.2) is 0 Å². The first kappa shape index (κ1) is 12.7. The van der Waals surface area contributed by atoms with Gasteiger partial charge in [-0.3, -0.25) is 4.79 Å². The summed E-state index contributed by atoms with van der Waals surface area (Å²) in [6.45, 7) is 2.58. The van der Waals surface area contributed by atoms with Crippen molar-refractivity contribution in [3.05, 3.63) is 23.8 Å². The summed E-state index contributed by atoms with van der Waals surface area (Å²) in [6.07, 6.45) is 0.841. The van der Waals surface area contributed by atoms with Gasteiger partial charge in [0.05, 0.1) is 0 Å². The van der Waals surface area contributed by atoms with E-state index >= 15 is 0 Å². The molecule has 0 amide bonds. The highest BCUT2D eigenvalue weighted by Gasteiger charge is 2.11. The van der Waals surface area contributed by atoms with Crippen molar-refractivity contribution in [3.8, 4) is 11.5 Å². The Morgan fingerprint density at radius 3 is 2.83 bits per heavy atom. The molecule has 0 aliphatic carbocycles. The van der Waals surface area contributed by atoms with E-state index < -0.39 is 5.97 Å². The number of carboxylic acid groups (broad SMARTS) is 1. The lowest BCUT2D eigenvalue weighted by Gasteiger charge is -2.18. The predicted octanol–water partition coefficient (Wildman–Crippen LogP) is 1.41. The molecule has 1 heterocycles. The van der Waals surface area contributed by atoms with Crippen molar-refractivity contribution in [2.45, 2.75) is 19.4 Å². The van der Waals surface area contributed by atoms with Crippen LogP contribution in [0.2, 0.25) is 0 Å². The minimum absolute atomic E-state index is 0.203. The number of aliphatic carboxylic acids is 1. The summed E-state index contributed by atoms with van der Waals surface area (Å²) < 4.78 is 10.9. The van der Waals surface area contributed by atoms with Crippen molar-refractivity contribution in [2.24, 2.45) is 0 Å². The molecule has 18 heavy (non-hydrogen) atoms. The summed E-state index contributed by atoms with van der Waals surface area (Å²) >= 11 is 0. The van der Waals surface area contributed by atoms with Crippen LogP contribution in [0.1, 0.15) is 18.4 Å². The summed E-state index contributed by atoms with van der Waals surface area (Å²) in [4.78, 5) is 10.3. The Hall–Kier alpha value is -1.75. The van der Waals surface area contributed by atoms with Crippen LogP contribution in [0.25, 0.3) is 0 Å². The lowest BCUT2D eigenvalue weighted by atomic mass is 10.2. The van der Waals surface area contributed by atoms with Crippen LogP contribution in [0.3, 0.4) is 0 Å². The Morgan fingerprint density at radius 2 is 2.06 bits per heavy atom. The maximum atomic E-state index is 10.3.